The van der Waals surface area contributed by atoms with Crippen molar-refractivity contribution in [3.63, 3.8) is 0 Å². The van der Waals surface area contributed by atoms with E-state index in [4.69, 9.17) is 11.6 Å². The lowest BCUT2D eigenvalue weighted by atomic mass is 10.1. The molecule has 0 bridgehead atoms. The van der Waals surface area contributed by atoms with Gasteiger partial charge in [0.1, 0.15) is 9.86 Å². The molecule has 2 aromatic heterocycles. The number of nitrogens with zero attached hydrogens (tertiary/aromatic N) is 2. The highest BCUT2D eigenvalue weighted by atomic mass is 35.5. The summed E-state index contributed by atoms with van der Waals surface area (Å²) >= 11 is 9.29. The zero-order chi connectivity index (χ0) is 14.1. The normalized spacial score (nSPS) is 11.2. The van der Waals surface area contributed by atoms with Crippen molar-refractivity contribution >= 4 is 44.9 Å². The van der Waals surface area contributed by atoms with Crippen LogP contribution in [0.5, 0.6) is 0 Å². The van der Waals surface area contributed by atoms with E-state index in [1.165, 1.54) is 16.7 Å². The lowest BCUT2D eigenvalue weighted by Crippen LogP contribution is -1.89. The van der Waals surface area contributed by atoms with Crippen molar-refractivity contribution in [3.8, 4) is 0 Å². The Labute approximate surface area is 131 Å². The zero-order valence-electron chi connectivity index (χ0n) is 11.2. The Morgan fingerprint density at radius 1 is 1.15 bits per heavy atom. The molecule has 0 atom stereocenters. The summed E-state index contributed by atoms with van der Waals surface area (Å²) in [5.74, 6) is 0.890. The number of halogens is 1. The topological polar surface area (TPSA) is 25.8 Å². The third-order valence-electron chi connectivity index (χ3n) is 2.92. The second kappa shape index (κ2) is 5.72. The third kappa shape index (κ3) is 2.97. The molecule has 0 spiro atoms. The summed E-state index contributed by atoms with van der Waals surface area (Å²) in [5, 5.41) is 4.40. The van der Waals surface area contributed by atoms with E-state index in [0.717, 1.165) is 21.0 Å². The smallest absolute Gasteiger partial charge is 0.211 e. The molecular formula is C15H13ClN2S2. The fraction of sp³-hybridized carbons (Fsp3) is 0.200. The van der Waals surface area contributed by atoms with Crippen LogP contribution in [0.3, 0.4) is 0 Å². The highest BCUT2D eigenvalue weighted by molar-refractivity contribution is 7.98. The number of benzene rings is 1. The van der Waals surface area contributed by atoms with Gasteiger partial charge in [-0.1, -0.05) is 29.3 Å². The molecule has 0 saturated carbocycles. The predicted octanol–water partition coefficient (Wildman–Crippen LogP) is 5.25. The zero-order valence-corrected chi connectivity index (χ0v) is 13.6. The van der Waals surface area contributed by atoms with Crippen LogP contribution in [-0.4, -0.2) is 9.97 Å². The number of aryl methyl sites for hydroxylation is 2. The summed E-state index contributed by atoms with van der Waals surface area (Å²) in [6.45, 7) is 4.25. The van der Waals surface area contributed by atoms with Crippen molar-refractivity contribution in [2.75, 3.05) is 0 Å². The maximum atomic E-state index is 5.98. The first-order chi connectivity index (χ1) is 9.61. The van der Waals surface area contributed by atoms with E-state index in [9.17, 15) is 0 Å². The highest BCUT2D eigenvalue weighted by Crippen LogP contribution is 2.31. The van der Waals surface area contributed by atoms with E-state index >= 15 is 0 Å². The third-order valence-corrected chi connectivity index (χ3v) is 4.96. The Bertz CT molecular complexity index is 747. The molecule has 3 aromatic rings. The molecule has 20 heavy (non-hydrogen) atoms. The molecule has 3 rings (SSSR count). The maximum Gasteiger partial charge on any atom is 0.224 e. The molecule has 0 aliphatic rings. The van der Waals surface area contributed by atoms with E-state index in [-0.39, 0.29) is 0 Å². The minimum Gasteiger partial charge on any atom is -0.211 e. The average molecular weight is 321 g/mol. The largest absolute Gasteiger partial charge is 0.224 e. The summed E-state index contributed by atoms with van der Waals surface area (Å²) in [6.07, 6.45) is 0. The summed E-state index contributed by atoms with van der Waals surface area (Å²) in [7, 11) is 0. The summed E-state index contributed by atoms with van der Waals surface area (Å²) in [4.78, 5) is 9.55. The van der Waals surface area contributed by atoms with Crippen molar-refractivity contribution in [2.45, 2.75) is 24.6 Å². The molecule has 0 unspecified atom stereocenters. The van der Waals surface area contributed by atoms with Crippen LogP contribution in [0.1, 0.15) is 16.7 Å². The van der Waals surface area contributed by atoms with Crippen molar-refractivity contribution in [3.05, 3.63) is 51.6 Å². The quantitative estimate of drug-likeness (QED) is 0.374. The first kappa shape index (κ1) is 13.9. The van der Waals surface area contributed by atoms with E-state index in [1.807, 2.05) is 5.38 Å². The molecule has 102 valence electrons. The number of hydrogen-bond acceptors (Lipinski definition) is 4. The standard InChI is InChI=1S/C15H13ClN2S2/c1-9-5-10(2)7-11(6-9)8-20-14-12-3-4-19-13(12)17-15(16)18-14/h3-7H,8H2,1-2H3. The second-order valence-electron chi connectivity index (χ2n) is 4.72. The van der Waals surface area contributed by atoms with Gasteiger partial charge >= 0.3 is 0 Å². The van der Waals surface area contributed by atoms with Crippen LogP contribution in [-0.2, 0) is 5.75 Å². The van der Waals surface area contributed by atoms with E-state index in [0.29, 0.717) is 5.28 Å². The lowest BCUT2D eigenvalue weighted by Gasteiger charge is -2.06. The van der Waals surface area contributed by atoms with Gasteiger partial charge in [0.2, 0.25) is 5.28 Å². The monoisotopic (exact) mass is 320 g/mol. The molecule has 0 aliphatic heterocycles. The average Bonchev–Trinajstić information content (AvgIpc) is 2.82. The van der Waals surface area contributed by atoms with Gasteiger partial charge in [-0.2, -0.15) is 0 Å². The van der Waals surface area contributed by atoms with Gasteiger partial charge in [0.05, 0.1) is 0 Å². The summed E-state index contributed by atoms with van der Waals surface area (Å²) in [6, 6.07) is 8.67. The van der Waals surface area contributed by atoms with Crippen molar-refractivity contribution in [1.82, 2.24) is 9.97 Å². The molecule has 2 nitrogen and oxygen atoms in total. The number of thioether (sulfide) groups is 1. The van der Waals surface area contributed by atoms with Gasteiger partial charge in [-0.25, -0.2) is 9.97 Å². The van der Waals surface area contributed by atoms with E-state index < -0.39 is 0 Å². The Morgan fingerprint density at radius 3 is 2.65 bits per heavy atom. The number of fused-ring (bicyclic) bond motifs is 1. The molecule has 5 heteroatoms. The van der Waals surface area contributed by atoms with Gasteiger partial charge in [0, 0.05) is 11.1 Å². The Kier molecular flexibility index (Phi) is 3.96. The maximum absolute atomic E-state index is 5.98. The number of hydrogen-bond donors (Lipinski definition) is 0. The first-order valence-electron chi connectivity index (χ1n) is 6.22. The highest BCUT2D eigenvalue weighted by Gasteiger charge is 2.09. The minimum absolute atomic E-state index is 0.322. The van der Waals surface area contributed by atoms with Gasteiger partial charge in [0.25, 0.3) is 0 Å². The molecule has 1 aromatic carbocycles. The number of aromatic nitrogens is 2. The molecule has 0 radical (unpaired) electrons. The van der Waals surface area contributed by atoms with E-state index in [2.05, 4.69) is 48.1 Å². The lowest BCUT2D eigenvalue weighted by molar-refractivity contribution is 1.11. The molecular weight excluding hydrogens is 308 g/mol. The van der Waals surface area contributed by atoms with Crippen LogP contribution in [0.4, 0.5) is 0 Å². The van der Waals surface area contributed by atoms with Gasteiger partial charge in [-0.15, -0.1) is 23.1 Å². The molecule has 0 N–H and O–H groups in total. The molecule has 0 fully saturated rings. The fourth-order valence-corrected chi connectivity index (χ4v) is 4.26. The van der Waals surface area contributed by atoms with Crippen LogP contribution < -0.4 is 0 Å². The van der Waals surface area contributed by atoms with Crippen molar-refractivity contribution < 1.29 is 0 Å². The molecule has 0 aliphatic carbocycles. The van der Waals surface area contributed by atoms with Crippen LogP contribution in [0.15, 0.2) is 34.7 Å². The van der Waals surface area contributed by atoms with Crippen LogP contribution in [0.2, 0.25) is 5.28 Å². The Hall–Kier alpha value is -1.10. The molecule has 0 saturated heterocycles. The number of thiophene rings is 1. The number of rotatable bonds is 3. The van der Waals surface area contributed by atoms with Crippen LogP contribution in [0.25, 0.3) is 10.2 Å². The Balaban J connectivity index is 1.88. The molecule has 2 heterocycles. The predicted molar refractivity (Wildman–Crippen MR) is 87.9 cm³/mol. The summed E-state index contributed by atoms with van der Waals surface area (Å²) < 4.78 is 0. The SMILES string of the molecule is Cc1cc(C)cc(CSc2nc(Cl)nc3sccc23)c1. The fourth-order valence-electron chi connectivity index (χ4n) is 2.22. The van der Waals surface area contributed by atoms with Gasteiger partial charge in [-0.3, -0.25) is 0 Å². The van der Waals surface area contributed by atoms with Gasteiger partial charge < -0.3 is 0 Å². The van der Waals surface area contributed by atoms with Crippen molar-refractivity contribution in [1.29, 1.82) is 0 Å². The minimum atomic E-state index is 0.322. The Morgan fingerprint density at radius 2 is 1.90 bits per heavy atom. The van der Waals surface area contributed by atoms with Gasteiger partial charge in [-0.05, 0) is 42.5 Å². The van der Waals surface area contributed by atoms with Crippen LogP contribution >= 0.6 is 34.7 Å². The molecule has 0 amide bonds. The van der Waals surface area contributed by atoms with Gasteiger partial charge in [0.15, 0.2) is 0 Å². The first-order valence-corrected chi connectivity index (χ1v) is 8.47. The second-order valence-corrected chi connectivity index (χ2v) is 6.92. The van der Waals surface area contributed by atoms with Crippen molar-refractivity contribution in [2.24, 2.45) is 0 Å². The van der Waals surface area contributed by atoms with Crippen LogP contribution in [0, 0.1) is 13.8 Å². The summed E-state index contributed by atoms with van der Waals surface area (Å²) in [5.41, 5.74) is 3.90. The van der Waals surface area contributed by atoms with E-state index in [1.54, 1.807) is 23.1 Å².